The first kappa shape index (κ1) is 13.5. The topological polar surface area (TPSA) is 12.0 Å². The Balaban J connectivity index is 1.92. The van der Waals surface area contributed by atoms with Crippen LogP contribution in [0.2, 0.25) is 5.02 Å². The van der Waals surface area contributed by atoms with Gasteiger partial charge in [-0.1, -0.05) is 43.1 Å². The lowest BCUT2D eigenvalue weighted by atomic mass is 9.66. The quantitative estimate of drug-likeness (QED) is 0.832. The van der Waals surface area contributed by atoms with E-state index in [2.05, 4.69) is 24.4 Å². The molecule has 104 valence electrons. The minimum Gasteiger partial charge on any atom is -0.316 e. The van der Waals surface area contributed by atoms with Crippen LogP contribution in [0.25, 0.3) is 0 Å². The predicted molar refractivity (Wildman–Crippen MR) is 81.7 cm³/mol. The van der Waals surface area contributed by atoms with E-state index in [1.54, 1.807) is 0 Å². The zero-order chi connectivity index (χ0) is 13.3. The molecule has 3 rings (SSSR count). The first-order valence-corrected chi connectivity index (χ1v) is 8.08. The molecule has 2 aliphatic rings. The SMILES string of the molecule is CCC1CCC2(CCNCC2c2ccccc2Cl)C1. The third-order valence-corrected chi connectivity index (χ3v) is 5.84. The third kappa shape index (κ3) is 2.43. The Bertz CT molecular complexity index is 445. The van der Waals surface area contributed by atoms with Crippen molar-refractivity contribution in [2.75, 3.05) is 13.1 Å². The van der Waals surface area contributed by atoms with E-state index in [9.17, 15) is 0 Å². The summed E-state index contributed by atoms with van der Waals surface area (Å²) < 4.78 is 0. The number of hydrogen-bond acceptors (Lipinski definition) is 1. The summed E-state index contributed by atoms with van der Waals surface area (Å²) in [5.74, 6) is 1.54. The summed E-state index contributed by atoms with van der Waals surface area (Å²) in [7, 11) is 0. The van der Waals surface area contributed by atoms with Gasteiger partial charge in [0.25, 0.3) is 0 Å². The summed E-state index contributed by atoms with van der Waals surface area (Å²) in [5.41, 5.74) is 1.88. The summed E-state index contributed by atoms with van der Waals surface area (Å²) in [5, 5.41) is 4.54. The number of hydrogen-bond donors (Lipinski definition) is 1. The van der Waals surface area contributed by atoms with E-state index in [1.807, 2.05) is 12.1 Å². The molecule has 0 aromatic heterocycles. The smallest absolute Gasteiger partial charge is 0.0441 e. The van der Waals surface area contributed by atoms with Crippen LogP contribution in [-0.2, 0) is 0 Å². The highest BCUT2D eigenvalue weighted by Crippen LogP contribution is 2.55. The van der Waals surface area contributed by atoms with E-state index >= 15 is 0 Å². The van der Waals surface area contributed by atoms with Crippen molar-refractivity contribution in [3.8, 4) is 0 Å². The zero-order valence-corrected chi connectivity index (χ0v) is 12.5. The molecule has 1 nitrogen and oxygen atoms in total. The molecule has 1 aliphatic carbocycles. The van der Waals surface area contributed by atoms with Crippen LogP contribution in [0.15, 0.2) is 24.3 Å². The van der Waals surface area contributed by atoms with Crippen LogP contribution in [-0.4, -0.2) is 13.1 Å². The molecule has 1 aromatic rings. The molecule has 3 unspecified atom stereocenters. The number of rotatable bonds is 2. The second kappa shape index (κ2) is 5.46. The molecule has 19 heavy (non-hydrogen) atoms. The second-order valence-electron chi connectivity index (χ2n) is 6.41. The average Bonchev–Trinajstić information content (AvgIpc) is 2.84. The molecule has 0 radical (unpaired) electrons. The summed E-state index contributed by atoms with van der Waals surface area (Å²) >= 11 is 6.46. The van der Waals surface area contributed by atoms with Crippen LogP contribution < -0.4 is 5.32 Å². The Kier molecular flexibility index (Phi) is 3.86. The number of piperidine rings is 1. The maximum Gasteiger partial charge on any atom is 0.0441 e. The molecule has 1 aromatic carbocycles. The molecule has 1 heterocycles. The van der Waals surface area contributed by atoms with Crippen molar-refractivity contribution in [3.63, 3.8) is 0 Å². The van der Waals surface area contributed by atoms with E-state index in [0.29, 0.717) is 11.3 Å². The Hall–Kier alpha value is -0.530. The zero-order valence-electron chi connectivity index (χ0n) is 11.8. The first-order valence-electron chi connectivity index (χ1n) is 7.70. The van der Waals surface area contributed by atoms with Gasteiger partial charge in [0, 0.05) is 17.5 Å². The Labute approximate surface area is 121 Å². The van der Waals surface area contributed by atoms with Crippen molar-refractivity contribution in [1.82, 2.24) is 5.32 Å². The lowest BCUT2D eigenvalue weighted by Crippen LogP contribution is -2.42. The highest BCUT2D eigenvalue weighted by molar-refractivity contribution is 6.31. The maximum absolute atomic E-state index is 6.46. The maximum atomic E-state index is 6.46. The van der Waals surface area contributed by atoms with Crippen LogP contribution in [0.3, 0.4) is 0 Å². The molecule has 2 heteroatoms. The van der Waals surface area contributed by atoms with Crippen molar-refractivity contribution in [3.05, 3.63) is 34.9 Å². The van der Waals surface area contributed by atoms with Crippen LogP contribution in [0.1, 0.15) is 50.5 Å². The monoisotopic (exact) mass is 277 g/mol. The third-order valence-electron chi connectivity index (χ3n) is 5.49. The Morgan fingerprint density at radius 1 is 1.32 bits per heavy atom. The number of halogens is 1. The van der Waals surface area contributed by atoms with Gasteiger partial charge in [0.2, 0.25) is 0 Å². The van der Waals surface area contributed by atoms with Gasteiger partial charge in [0.1, 0.15) is 0 Å². The van der Waals surface area contributed by atoms with Crippen LogP contribution in [0, 0.1) is 11.3 Å². The molecule has 3 atom stereocenters. The van der Waals surface area contributed by atoms with Gasteiger partial charge in [-0.3, -0.25) is 0 Å². The molecular formula is C17H24ClN. The van der Waals surface area contributed by atoms with Gasteiger partial charge in [-0.05, 0) is 55.2 Å². The van der Waals surface area contributed by atoms with Gasteiger partial charge in [-0.25, -0.2) is 0 Å². The van der Waals surface area contributed by atoms with E-state index in [-0.39, 0.29) is 0 Å². The second-order valence-corrected chi connectivity index (χ2v) is 6.81. The van der Waals surface area contributed by atoms with E-state index < -0.39 is 0 Å². The van der Waals surface area contributed by atoms with Crippen molar-refractivity contribution in [2.24, 2.45) is 11.3 Å². The lowest BCUT2D eigenvalue weighted by Gasteiger charge is -2.43. The molecule has 1 aliphatic heterocycles. The van der Waals surface area contributed by atoms with Gasteiger partial charge >= 0.3 is 0 Å². The minimum absolute atomic E-state index is 0.511. The molecule has 0 bridgehead atoms. The van der Waals surface area contributed by atoms with Crippen LogP contribution >= 0.6 is 11.6 Å². The lowest BCUT2D eigenvalue weighted by molar-refractivity contribution is 0.162. The first-order chi connectivity index (χ1) is 9.25. The summed E-state index contributed by atoms with van der Waals surface area (Å²) in [6.07, 6.45) is 6.87. The molecule has 1 saturated heterocycles. The standard InChI is InChI=1S/C17H24ClN/c1-2-13-7-8-17(11-13)9-10-19-12-15(17)14-5-3-4-6-16(14)18/h3-6,13,15,19H,2,7-12H2,1H3. The van der Waals surface area contributed by atoms with E-state index in [4.69, 9.17) is 11.6 Å². The van der Waals surface area contributed by atoms with Gasteiger partial charge in [0.05, 0.1) is 0 Å². The Morgan fingerprint density at radius 2 is 2.16 bits per heavy atom. The highest BCUT2D eigenvalue weighted by Gasteiger charge is 2.46. The summed E-state index contributed by atoms with van der Waals surface area (Å²) in [6.45, 7) is 4.62. The highest BCUT2D eigenvalue weighted by atomic mass is 35.5. The van der Waals surface area contributed by atoms with Crippen molar-refractivity contribution >= 4 is 11.6 Å². The van der Waals surface area contributed by atoms with Crippen molar-refractivity contribution < 1.29 is 0 Å². The number of nitrogens with one attached hydrogen (secondary N) is 1. The van der Waals surface area contributed by atoms with Gasteiger partial charge in [-0.15, -0.1) is 0 Å². The molecule has 1 N–H and O–H groups in total. The summed E-state index contributed by atoms with van der Waals surface area (Å²) in [6, 6.07) is 8.46. The molecule has 0 amide bonds. The summed E-state index contributed by atoms with van der Waals surface area (Å²) in [4.78, 5) is 0. The van der Waals surface area contributed by atoms with Gasteiger partial charge in [0.15, 0.2) is 0 Å². The molecular weight excluding hydrogens is 254 g/mol. The van der Waals surface area contributed by atoms with E-state index in [1.165, 1.54) is 44.2 Å². The number of benzene rings is 1. The fourth-order valence-electron chi connectivity index (χ4n) is 4.33. The van der Waals surface area contributed by atoms with Crippen molar-refractivity contribution in [1.29, 1.82) is 0 Å². The predicted octanol–water partition coefficient (Wildman–Crippen LogP) is 4.61. The molecule has 1 spiro atoms. The van der Waals surface area contributed by atoms with Gasteiger partial charge < -0.3 is 5.32 Å². The van der Waals surface area contributed by atoms with Gasteiger partial charge in [-0.2, -0.15) is 0 Å². The van der Waals surface area contributed by atoms with Crippen LogP contribution in [0.4, 0.5) is 0 Å². The van der Waals surface area contributed by atoms with Crippen molar-refractivity contribution in [2.45, 2.75) is 44.9 Å². The van der Waals surface area contributed by atoms with E-state index in [0.717, 1.165) is 17.5 Å². The fourth-order valence-corrected chi connectivity index (χ4v) is 4.60. The fraction of sp³-hybridized carbons (Fsp3) is 0.647. The Morgan fingerprint density at radius 3 is 2.89 bits per heavy atom. The normalized spacial score (nSPS) is 34.8. The average molecular weight is 278 g/mol. The largest absolute Gasteiger partial charge is 0.316 e. The van der Waals surface area contributed by atoms with Crippen LogP contribution in [0.5, 0.6) is 0 Å². The minimum atomic E-state index is 0.511. The molecule has 1 saturated carbocycles. The molecule has 2 fully saturated rings.